The molecule has 0 saturated carbocycles. The molecule has 66 valence electrons. The lowest BCUT2D eigenvalue weighted by atomic mass is 9.91. The van der Waals surface area contributed by atoms with Gasteiger partial charge in [0.05, 0.1) is 6.10 Å². The largest absolute Gasteiger partial charge is 0.393 e. The highest BCUT2D eigenvalue weighted by molar-refractivity contribution is 5.49. The van der Waals surface area contributed by atoms with E-state index in [-0.39, 0.29) is 6.42 Å². The monoisotopic (exact) mass is 158 g/mol. The maximum absolute atomic E-state index is 10.0. The van der Waals surface area contributed by atoms with Gasteiger partial charge in [0.15, 0.2) is 0 Å². The van der Waals surface area contributed by atoms with Crippen molar-refractivity contribution in [3.05, 3.63) is 0 Å². The molecule has 2 unspecified atom stereocenters. The molecule has 0 aliphatic carbocycles. The Bertz CT molecular complexity index is 110. The molecule has 1 N–H and O–H groups in total. The quantitative estimate of drug-likeness (QED) is 0.617. The van der Waals surface area contributed by atoms with E-state index in [2.05, 4.69) is 20.8 Å². The van der Waals surface area contributed by atoms with Crippen molar-refractivity contribution in [2.75, 3.05) is 0 Å². The second-order valence-corrected chi connectivity index (χ2v) is 3.51. The van der Waals surface area contributed by atoms with Gasteiger partial charge in [-0.25, -0.2) is 0 Å². The average Bonchev–Trinajstić information content (AvgIpc) is 1.87. The Balaban J connectivity index is 3.56. The molecule has 0 bridgehead atoms. The number of aldehydes is 1. The third-order valence-corrected chi connectivity index (χ3v) is 2.15. The molecule has 2 atom stereocenters. The van der Waals surface area contributed by atoms with E-state index in [9.17, 15) is 9.90 Å². The molecule has 0 aromatic rings. The van der Waals surface area contributed by atoms with Gasteiger partial charge >= 0.3 is 0 Å². The fourth-order valence-corrected chi connectivity index (χ4v) is 0.909. The first-order valence-electron chi connectivity index (χ1n) is 4.19. The molecule has 0 aromatic carbocycles. The average molecular weight is 158 g/mol. The third kappa shape index (κ3) is 4.96. The van der Waals surface area contributed by atoms with Crippen molar-refractivity contribution in [2.24, 2.45) is 11.8 Å². The zero-order valence-electron chi connectivity index (χ0n) is 7.58. The van der Waals surface area contributed by atoms with E-state index in [0.717, 1.165) is 12.7 Å². The maximum Gasteiger partial charge on any atom is 0.122 e. The normalized spacial score (nSPS) is 16.5. The van der Waals surface area contributed by atoms with E-state index in [1.165, 1.54) is 0 Å². The van der Waals surface area contributed by atoms with Gasteiger partial charge in [-0.05, 0) is 18.3 Å². The van der Waals surface area contributed by atoms with Crippen LogP contribution in [0.3, 0.4) is 0 Å². The van der Waals surface area contributed by atoms with Gasteiger partial charge in [-0.3, -0.25) is 0 Å². The van der Waals surface area contributed by atoms with Crippen LogP contribution in [0.1, 0.15) is 33.6 Å². The highest BCUT2D eigenvalue weighted by Crippen LogP contribution is 2.16. The van der Waals surface area contributed by atoms with Crippen LogP contribution in [0.15, 0.2) is 0 Å². The van der Waals surface area contributed by atoms with Crippen LogP contribution in [0, 0.1) is 11.8 Å². The summed E-state index contributed by atoms with van der Waals surface area (Å²) < 4.78 is 0. The van der Waals surface area contributed by atoms with Gasteiger partial charge in [-0.15, -0.1) is 0 Å². The summed E-state index contributed by atoms with van der Waals surface area (Å²) in [6.07, 6.45) is 1.34. The Morgan fingerprint density at radius 1 is 1.36 bits per heavy atom. The molecule has 0 heterocycles. The minimum Gasteiger partial charge on any atom is -0.393 e. The first-order valence-corrected chi connectivity index (χ1v) is 4.19. The summed E-state index contributed by atoms with van der Waals surface area (Å²) in [5, 5.41) is 9.24. The van der Waals surface area contributed by atoms with E-state index in [1.807, 2.05) is 0 Å². The zero-order chi connectivity index (χ0) is 8.85. The fourth-order valence-electron chi connectivity index (χ4n) is 0.909. The molecule has 11 heavy (non-hydrogen) atoms. The van der Waals surface area contributed by atoms with Crippen LogP contribution in [-0.4, -0.2) is 17.5 Å². The first kappa shape index (κ1) is 10.6. The molecule has 0 spiro atoms. The summed E-state index contributed by atoms with van der Waals surface area (Å²) in [6.45, 7) is 6.34. The number of aliphatic hydroxyl groups is 1. The summed E-state index contributed by atoms with van der Waals surface area (Å²) in [4.78, 5) is 10.0. The number of hydrogen-bond acceptors (Lipinski definition) is 2. The lowest BCUT2D eigenvalue weighted by molar-refractivity contribution is -0.109. The van der Waals surface area contributed by atoms with E-state index in [4.69, 9.17) is 0 Å². The smallest absolute Gasteiger partial charge is 0.122 e. The van der Waals surface area contributed by atoms with E-state index in [1.54, 1.807) is 0 Å². The molecule has 0 aliphatic rings. The summed E-state index contributed by atoms with van der Waals surface area (Å²) >= 11 is 0. The highest BCUT2D eigenvalue weighted by Gasteiger charge is 2.12. The Kier molecular flexibility index (Phi) is 5.12. The van der Waals surface area contributed by atoms with Crippen LogP contribution >= 0.6 is 0 Å². The molecular weight excluding hydrogens is 140 g/mol. The minimum absolute atomic E-state index is 0.275. The van der Waals surface area contributed by atoms with E-state index < -0.39 is 6.10 Å². The Labute approximate surface area is 68.6 Å². The topological polar surface area (TPSA) is 37.3 Å². The third-order valence-electron chi connectivity index (χ3n) is 2.15. The number of carbonyl (C=O) groups is 1. The molecule has 2 nitrogen and oxygen atoms in total. The molecule has 0 fully saturated rings. The molecule has 0 aliphatic heterocycles. The van der Waals surface area contributed by atoms with E-state index in [0.29, 0.717) is 11.8 Å². The van der Waals surface area contributed by atoms with Crippen molar-refractivity contribution in [3.8, 4) is 0 Å². The van der Waals surface area contributed by atoms with Gasteiger partial charge in [0.25, 0.3) is 0 Å². The van der Waals surface area contributed by atoms with Crippen molar-refractivity contribution >= 4 is 6.29 Å². The summed E-state index contributed by atoms with van der Waals surface area (Å²) in [5.41, 5.74) is 0. The minimum atomic E-state index is -0.440. The van der Waals surface area contributed by atoms with Crippen LogP contribution in [0.2, 0.25) is 0 Å². The van der Waals surface area contributed by atoms with Crippen molar-refractivity contribution < 1.29 is 9.90 Å². The molecule has 0 saturated heterocycles. The molecule has 0 radical (unpaired) electrons. The van der Waals surface area contributed by atoms with Gasteiger partial charge in [-0.1, -0.05) is 20.8 Å². The number of rotatable bonds is 5. The summed E-state index contributed by atoms with van der Waals surface area (Å²) in [5.74, 6) is 1.07. The first-order chi connectivity index (χ1) is 5.07. The number of carbonyl (C=O) groups excluding carboxylic acids is 1. The molecule has 2 heteroatoms. The van der Waals surface area contributed by atoms with Gasteiger partial charge in [-0.2, -0.15) is 0 Å². The van der Waals surface area contributed by atoms with Crippen LogP contribution in [0.5, 0.6) is 0 Å². The van der Waals surface area contributed by atoms with Crippen molar-refractivity contribution in [1.29, 1.82) is 0 Å². The molecule has 0 rings (SSSR count). The number of aliphatic hydroxyl groups excluding tert-OH is 1. The second-order valence-electron chi connectivity index (χ2n) is 3.51. The van der Waals surface area contributed by atoms with Crippen molar-refractivity contribution in [1.82, 2.24) is 0 Å². The van der Waals surface area contributed by atoms with Gasteiger partial charge in [0.1, 0.15) is 6.29 Å². The predicted octanol–water partition coefficient (Wildman–Crippen LogP) is 1.62. The van der Waals surface area contributed by atoms with Crippen molar-refractivity contribution in [2.45, 2.75) is 39.7 Å². The van der Waals surface area contributed by atoms with E-state index >= 15 is 0 Å². The standard InChI is InChI=1S/C9H18O2/c1-7(2)8(3)6-9(11)4-5-10/h5,7-9,11H,4,6H2,1-3H3. The summed E-state index contributed by atoms with van der Waals surface area (Å²) in [6, 6.07) is 0. The lowest BCUT2D eigenvalue weighted by Gasteiger charge is -2.17. The Hall–Kier alpha value is -0.370. The van der Waals surface area contributed by atoms with Gasteiger partial charge < -0.3 is 9.90 Å². The number of hydrogen-bond donors (Lipinski definition) is 1. The van der Waals surface area contributed by atoms with Crippen LogP contribution in [0.4, 0.5) is 0 Å². The maximum atomic E-state index is 10.0. The summed E-state index contributed by atoms with van der Waals surface area (Å²) in [7, 11) is 0. The molecule has 0 amide bonds. The Morgan fingerprint density at radius 2 is 1.91 bits per heavy atom. The zero-order valence-corrected chi connectivity index (χ0v) is 7.58. The van der Waals surface area contributed by atoms with Crippen LogP contribution in [-0.2, 0) is 4.79 Å². The highest BCUT2D eigenvalue weighted by atomic mass is 16.3. The molecule has 0 aromatic heterocycles. The predicted molar refractivity (Wildman–Crippen MR) is 45.3 cm³/mol. The Morgan fingerprint density at radius 3 is 2.27 bits per heavy atom. The van der Waals surface area contributed by atoms with Crippen molar-refractivity contribution in [3.63, 3.8) is 0 Å². The fraction of sp³-hybridized carbons (Fsp3) is 0.889. The van der Waals surface area contributed by atoms with Crippen LogP contribution < -0.4 is 0 Å². The van der Waals surface area contributed by atoms with Gasteiger partial charge in [0.2, 0.25) is 0 Å². The van der Waals surface area contributed by atoms with Crippen LogP contribution in [0.25, 0.3) is 0 Å². The SMILES string of the molecule is CC(C)C(C)CC(O)CC=O. The lowest BCUT2D eigenvalue weighted by Crippen LogP contribution is -2.15. The molecular formula is C9H18O2. The van der Waals surface area contributed by atoms with Gasteiger partial charge in [0, 0.05) is 6.42 Å². The second kappa shape index (κ2) is 5.30.